The molecular weight excluding hydrogens is 318 g/mol. The third kappa shape index (κ3) is 3.55. The van der Waals surface area contributed by atoms with Crippen molar-refractivity contribution in [2.45, 2.75) is 39.3 Å². The normalized spacial score (nSPS) is 16.9. The standard InChI is InChI=1S/C18H23N5O2/c1-12-19-10-14(11-20-18(25)16-7-4-8-22(16)3)17(21-12)15-6-5-9-23(15)13(2)24/h4,7-8,10,15H,5-6,9,11H2,1-3H3,(H,20,25). The summed E-state index contributed by atoms with van der Waals surface area (Å²) in [5, 5.41) is 2.93. The van der Waals surface area contributed by atoms with E-state index in [-0.39, 0.29) is 17.9 Å². The van der Waals surface area contributed by atoms with Gasteiger partial charge >= 0.3 is 0 Å². The highest BCUT2D eigenvalue weighted by atomic mass is 16.2. The molecule has 0 radical (unpaired) electrons. The van der Waals surface area contributed by atoms with Gasteiger partial charge in [-0.05, 0) is 31.9 Å². The Morgan fingerprint density at radius 2 is 2.20 bits per heavy atom. The number of amides is 2. The maximum absolute atomic E-state index is 12.3. The second-order valence-corrected chi connectivity index (χ2v) is 6.39. The van der Waals surface area contributed by atoms with Gasteiger partial charge in [-0.3, -0.25) is 9.59 Å². The van der Waals surface area contributed by atoms with Crippen molar-refractivity contribution in [1.29, 1.82) is 0 Å². The minimum atomic E-state index is -0.145. The molecule has 1 aliphatic rings. The van der Waals surface area contributed by atoms with E-state index in [1.807, 2.05) is 31.1 Å². The zero-order chi connectivity index (χ0) is 18.0. The number of nitrogens with one attached hydrogen (secondary N) is 1. The molecule has 7 nitrogen and oxygen atoms in total. The maximum Gasteiger partial charge on any atom is 0.268 e. The first kappa shape index (κ1) is 17.1. The van der Waals surface area contributed by atoms with E-state index in [4.69, 9.17) is 0 Å². The molecule has 1 fully saturated rings. The van der Waals surface area contributed by atoms with Crippen LogP contribution in [-0.4, -0.2) is 37.8 Å². The van der Waals surface area contributed by atoms with Gasteiger partial charge in [0.05, 0.1) is 11.7 Å². The van der Waals surface area contributed by atoms with E-state index in [0.717, 1.165) is 30.6 Å². The topological polar surface area (TPSA) is 80.1 Å². The Labute approximate surface area is 147 Å². The highest BCUT2D eigenvalue weighted by Crippen LogP contribution is 2.32. The third-order valence-electron chi connectivity index (χ3n) is 4.61. The molecule has 1 unspecified atom stereocenters. The van der Waals surface area contributed by atoms with Crippen molar-refractivity contribution in [1.82, 2.24) is 24.8 Å². The zero-order valence-electron chi connectivity index (χ0n) is 14.8. The third-order valence-corrected chi connectivity index (χ3v) is 4.61. The number of hydrogen-bond acceptors (Lipinski definition) is 4. The lowest BCUT2D eigenvalue weighted by Crippen LogP contribution is -2.31. The van der Waals surface area contributed by atoms with Crippen LogP contribution in [0.2, 0.25) is 0 Å². The van der Waals surface area contributed by atoms with Crippen molar-refractivity contribution in [3.8, 4) is 0 Å². The first-order valence-corrected chi connectivity index (χ1v) is 8.46. The molecule has 3 rings (SSSR count). The summed E-state index contributed by atoms with van der Waals surface area (Å²) in [4.78, 5) is 34.9. The average molecular weight is 341 g/mol. The van der Waals surface area contributed by atoms with Gasteiger partial charge in [-0.15, -0.1) is 0 Å². The summed E-state index contributed by atoms with van der Waals surface area (Å²) >= 11 is 0. The van der Waals surface area contributed by atoms with Crippen LogP contribution in [0.1, 0.15) is 53.4 Å². The van der Waals surface area contributed by atoms with Crippen LogP contribution in [-0.2, 0) is 18.4 Å². The molecule has 1 atom stereocenters. The number of likely N-dealkylation sites (tertiary alicyclic amines) is 1. The first-order chi connectivity index (χ1) is 12.0. The highest BCUT2D eigenvalue weighted by Gasteiger charge is 2.31. The van der Waals surface area contributed by atoms with Crippen molar-refractivity contribution in [3.63, 3.8) is 0 Å². The molecule has 2 amide bonds. The second kappa shape index (κ2) is 7.04. The Bertz CT molecular complexity index is 799. The van der Waals surface area contributed by atoms with Gasteiger partial charge in [0.15, 0.2) is 0 Å². The Morgan fingerprint density at radius 3 is 2.88 bits per heavy atom. The van der Waals surface area contributed by atoms with E-state index >= 15 is 0 Å². The Kier molecular flexibility index (Phi) is 4.83. The van der Waals surface area contributed by atoms with Crippen LogP contribution >= 0.6 is 0 Å². The summed E-state index contributed by atoms with van der Waals surface area (Å²) in [6, 6.07) is 3.57. The van der Waals surface area contributed by atoms with Crippen molar-refractivity contribution in [3.05, 3.63) is 47.3 Å². The van der Waals surface area contributed by atoms with E-state index in [2.05, 4.69) is 15.3 Å². The fraction of sp³-hybridized carbons (Fsp3) is 0.444. The smallest absolute Gasteiger partial charge is 0.268 e. The molecule has 132 valence electrons. The average Bonchev–Trinajstić information content (AvgIpc) is 3.22. The number of rotatable bonds is 4. The van der Waals surface area contributed by atoms with Gasteiger partial charge in [0.1, 0.15) is 11.5 Å². The number of aryl methyl sites for hydroxylation is 2. The summed E-state index contributed by atoms with van der Waals surface area (Å²) in [7, 11) is 1.83. The number of carbonyl (C=O) groups excluding carboxylic acids is 2. The monoisotopic (exact) mass is 341 g/mol. The molecule has 0 aliphatic carbocycles. The molecule has 25 heavy (non-hydrogen) atoms. The summed E-state index contributed by atoms with van der Waals surface area (Å²) in [5.41, 5.74) is 2.29. The van der Waals surface area contributed by atoms with Crippen LogP contribution in [0.25, 0.3) is 0 Å². The van der Waals surface area contributed by atoms with Gasteiger partial charge in [0, 0.05) is 45.0 Å². The number of aromatic nitrogens is 3. The van der Waals surface area contributed by atoms with Gasteiger partial charge in [-0.25, -0.2) is 9.97 Å². The van der Waals surface area contributed by atoms with E-state index in [1.165, 1.54) is 0 Å². The number of carbonyl (C=O) groups is 2. The number of nitrogens with zero attached hydrogens (tertiary/aromatic N) is 4. The largest absolute Gasteiger partial charge is 0.347 e. The van der Waals surface area contributed by atoms with E-state index < -0.39 is 0 Å². The van der Waals surface area contributed by atoms with Crippen LogP contribution in [0.5, 0.6) is 0 Å². The van der Waals surface area contributed by atoms with E-state index in [9.17, 15) is 9.59 Å². The predicted molar refractivity (Wildman–Crippen MR) is 92.7 cm³/mol. The molecule has 0 spiro atoms. The second-order valence-electron chi connectivity index (χ2n) is 6.39. The molecule has 2 aromatic rings. The van der Waals surface area contributed by atoms with Gasteiger partial charge in [-0.2, -0.15) is 0 Å². The molecule has 1 aliphatic heterocycles. The Balaban J connectivity index is 1.81. The molecule has 2 aromatic heterocycles. The zero-order valence-corrected chi connectivity index (χ0v) is 14.8. The minimum Gasteiger partial charge on any atom is -0.347 e. The van der Waals surface area contributed by atoms with Crippen LogP contribution in [0.3, 0.4) is 0 Å². The van der Waals surface area contributed by atoms with E-state index in [0.29, 0.717) is 18.1 Å². The maximum atomic E-state index is 12.3. The first-order valence-electron chi connectivity index (χ1n) is 8.46. The Morgan fingerprint density at radius 1 is 1.40 bits per heavy atom. The summed E-state index contributed by atoms with van der Waals surface area (Å²) in [6.07, 6.45) is 5.43. The van der Waals surface area contributed by atoms with Crippen molar-refractivity contribution in [2.75, 3.05) is 6.54 Å². The number of hydrogen-bond donors (Lipinski definition) is 1. The fourth-order valence-corrected chi connectivity index (χ4v) is 3.33. The summed E-state index contributed by atoms with van der Waals surface area (Å²) in [5.74, 6) is 0.578. The fourth-order valence-electron chi connectivity index (χ4n) is 3.33. The van der Waals surface area contributed by atoms with Crippen LogP contribution in [0, 0.1) is 6.92 Å². The van der Waals surface area contributed by atoms with Crippen molar-refractivity contribution in [2.24, 2.45) is 7.05 Å². The summed E-state index contributed by atoms with van der Waals surface area (Å²) in [6.45, 7) is 4.51. The van der Waals surface area contributed by atoms with Crippen LogP contribution < -0.4 is 5.32 Å². The summed E-state index contributed by atoms with van der Waals surface area (Å²) < 4.78 is 1.77. The lowest BCUT2D eigenvalue weighted by Gasteiger charge is -2.25. The Hall–Kier alpha value is -2.70. The van der Waals surface area contributed by atoms with Gasteiger partial charge in [0.25, 0.3) is 5.91 Å². The van der Waals surface area contributed by atoms with Crippen molar-refractivity contribution < 1.29 is 9.59 Å². The predicted octanol–water partition coefficient (Wildman–Crippen LogP) is 1.74. The molecule has 1 saturated heterocycles. The molecule has 1 N–H and O–H groups in total. The van der Waals surface area contributed by atoms with Crippen LogP contribution in [0.4, 0.5) is 0 Å². The van der Waals surface area contributed by atoms with E-state index in [1.54, 1.807) is 23.8 Å². The molecular formula is C18H23N5O2. The van der Waals surface area contributed by atoms with Crippen molar-refractivity contribution >= 4 is 11.8 Å². The SMILES string of the molecule is CC(=O)N1CCCC1c1nc(C)ncc1CNC(=O)c1cccn1C. The van der Waals surface area contributed by atoms with Gasteiger partial charge in [0.2, 0.25) is 5.91 Å². The molecule has 0 aromatic carbocycles. The quantitative estimate of drug-likeness (QED) is 0.918. The molecule has 7 heteroatoms. The lowest BCUT2D eigenvalue weighted by atomic mass is 10.1. The minimum absolute atomic E-state index is 0.0406. The van der Waals surface area contributed by atoms with Gasteiger partial charge < -0.3 is 14.8 Å². The lowest BCUT2D eigenvalue weighted by molar-refractivity contribution is -0.129. The molecule has 3 heterocycles. The van der Waals surface area contributed by atoms with Gasteiger partial charge in [-0.1, -0.05) is 0 Å². The highest BCUT2D eigenvalue weighted by molar-refractivity contribution is 5.92. The molecule has 0 bridgehead atoms. The van der Waals surface area contributed by atoms with Crippen LogP contribution in [0.15, 0.2) is 24.5 Å². The molecule has 0 saturated carbocycles.